The SMILES string of the molecule is O=C(N[C@H]1CN2CCC1CC2)c1ccc(Sc2nnc(C(F)(F)F)s2)cc1. The molecule has 27 heavy (non-hydrogen) atoms. The Morgan fingerprint density at radius 2 is 1.89 bits per heavy atom. The Morgan fingerprint density at radius 3 is 2.44 bits per heavy atom. The predicted molar refractivity (Wildman–Crippen MR) is 95.9 cm³/mol. The van der Waals surface area contributed by atoms with Crippen molar-refractivity contribution in [1.82, 2.24) is 20.4 Å². The highest BCUT2D eigenvalue weighted by Crippen LogP contribution is 2.37. The molecule has 2 aromatic rings. The van der Waals surface area contributed by atoms with Crippen molar-refractivity contribution in [3.05, 3.63) is 34.8 Å². The minimum Gasteiger partial charge on any atom is -0.348 e. The van der Waals surface area contributed by atoms with E-state index in [0.29, 0.717) is 27.7 Å². The summed E-state index contributed by atoms with van der Waals surface area (Å²) in [5.74, 6) is 0.439. The lowest BCUT2D eigenvalue weighted by Crippen LogP contribution is -2.57. The normalized spacial score (nSPS) is 24.8. The van der Waals surface area contributed by atoms with Crippen LogP contribution >= 0.6 is 23.1 Å². The van der Waals surface area contributed by atoms with E-state index < -0.39 is 11.2 Å². The zero-order chi connectivity index (χ0) is 19.0. The van der Waals surface area contributed by atoms with Crippen molar-refractivity contribution in [3.63, 3.8) is 0 Å². The molecule has 0 spiro atoms. The molecular formula is C17H17F3N4OS2. The van der Waals surface area contributed by atoms with Crippen LogP contribution in [0.3, 0.4) is 0 Å². The first-order chi connectivity index (χ1) is 12.9. The number of fused-ring (bicyclic) bond motifs is 3. The van der Waals surface area contributed by atoms with Gasteiger partial charge >= 0.3 is 6.18 Å². The Bertz CT molecular complexity index is 816. The molecule has 0 aliphatic carbocycles. The number of hydrogen-bond donors (Lipinski definition) is 1. The summed E-state index contributed by atoms with van der Waals surface area (Å²) in [5, 5.41) is 8.89. The lowest BCUT2D eigenvalue weighted by Gasteiger charge is -2.44. The zero-order valence-electron chi connectivity index (χ0n) is 14.2. The van der Waals surface area contributed by atoms with Crippen molar-refractivity contribution in [1.29, 1.82) is 0 Å². The number of nitrogens with one attached hydrogen (secondary N) is 1. The van der Waals surface area contributed by atoms with Crippen LogP contribution in [-0.2, 0) is 6.18 Å². The summed E-state index contributed by atoms with van der Waals surface area (Å²) in [6, 6.07) is 6.99. The second-order valence-corrected chi connectivity index (χ2v) is 9.01. The van der Waals surface area contributed by atoms with Gasteiger partial charge in [-0.2, -0.15) is 13.2 Å². The van der Waals surface area contributed by atoms with E-state index in [0.717, 1.165) is 44.2 Å². The molecule has 3 aliphatic rings. The standard InChI is InChI=1S/C17H17F3N4OS2/c18-17(19,20)15-22-23-16(27-15)26-12-3-1-11(2-4-12)14(25)21-13-9-24-7-5-10(13)6-8-24/h1-4,10,13H,5-9H2,(H,21,25)/t13-/m0/s1. The summed E-state index contributed by atoms with van der Waals surface area (Å²) in [5.41, 5.74) is 0.545. The number of piperidine rings is 3. The molecule has 2 bridgehead atoms. The van der Waals surface area contributed by atoms with Gasteiger partial charge in [-0.1, -0.05) is 23.1 Å². The lowest BCUT2D eigenvalue weighted by atomic mass is 9.84. The van der Waals surface area contributed by atoms with Crippen LogP contribution in [0.15, 0.2) is 33.5 Å². The fraction of sp³-hybridized carbons (Fsp3) is 0.471. The fourth-order valence-electron chi connectivity index (χ4n) is 3.52. The van der Waals surface area contributed by atoms with Gasteiger partial charge in [0.2, 0.25) is 5.01 Å². The molecule has 10 heteroatoms. The molecule has 0 radical (unpaired) electrons. The summed E-state index contributed by atoms with van der Waals surface area (Å²) in [7, 11) is 0. The smallest absolute Gasteiger partial charge is 0.348 e. The Kier molecular flexibility index (Phi) is 5.13. The number of halogens is 3. The number of benzene rings is 1. The fourth-order valence-corrected chi connectivity index (χ4v) is 5.21. The van der Waals surface area contributed by atoms with Crippen molar-refractivity contribution < 1.29 is 18.0 Å². The number of rotatable bonds is 4. The molecule has 5 rings (SSSR count). The molecule has 3 fully saturated rings. The van der Waals surface area contributed by atoms with Crippen LogP contribution in [0.2, 0.25) is 0 Å². The van der Waals surface area contributed by atoms with E-state index >= 15 is 0 Å². The van der Waals surface area contributed by atoms with Crippen LogP contribution in [0.4, 0.5) is 13.2 Å². The Hall–Kier alpha value is -1.65. The number of carbonyl (C=O) groups is 1. The monoisotopic (exact) mass is 414 g/mol. The summed E-state index contributed by atoms with van der Waals surface area (Å²) in [6.07, 6.45) is -2.22. The van der Waals surface area contributed by atoms with Crippen LogP contribution in [0, 0.1) is 5.92 Å². The molecule has 0 unspecified atom stereocenters. The Balaban J connectivity index is 1.37. The second-order valence-electron chi connectivity index (χ2n) is 6.72. The van der Waals surface area contributed by atoms with Gasteiger partial charge in [-0.25, -0.2) is 0 Å². The minimum absolute atomic E-state index is 0.111. The molecule has 1 aromatic carbocycles. The molecule has 3 aliphatic heterocycles. The highest BCUT2D eigenvalue weighted by atomic mass is 32.2. The molecule has 1 N–H and O–H groups in total. The Labute approximate surface area is 162 Å². The molecular weight excluding hydrogens is 397 g/mol. The van der Waals surface area contributed by atoms with E-state index in [9.17, 15) is 18.0 Å². The van der Waals surface area contributed by atoms with Crippen LogP contribution in [0.25, 0.3) is 0 Å². The Morgan fingerprint density at radius 1 is 1.19 bits per heavy atom. The van der Waals surface area contributed by atoms with Gasteiger partial charge in [-0.05, 0) is 56.1 Å². The number of alkyl halides is 3. The third-order valence-corrected chi connectivity index (χ3v) is 6.97. The first-order valence-electron chi connectivity index (χ1n) is 8.60. The summed E-state index contributed by atoms with van der Waals surface area (Å²) < 4.78 is 38.0. The molecule has 1 amide bonds. The molecule has 144 valence electrons. The number of carbonyl (C=O) groups excluding carboxylic acids is 1. The maximum atomic E-state index is 12.6. The number of hydrogen-bond acceptors (Lipinski definition) is 6. The number of nitrogens with zero attached hydrogens (tertiary/aromatic N) is 3. The van der Waals surface area contributed by atoms with Crippen molar-refractivity contribution in [3.8, 4) is 0 Å². The maximum absolute atomic E-state index is 12.6. The summed E-state index contributed by atoms with van der Waals surface area (Å²) in [4.78, 5) is 15.6. The predicted octanol–water partition coefficient (Wildman–Crippen LogP) is 3.53. The van der Waals surface area contributed by atoms with Crippen LogP contribution in [0.1, 0.15) is 28.2 Å². The van der Waals surface area contributed by atoms with Gasteiger partial charge in [-0.3, -0.25) is 4.79 Å². The largest absolute Gasteiger partial charge is 0.445 e. The van der Waals surface area contributed by atoms with Gasteiger partial charge < -0.3 is 10.2 Å². The third-order valence-electron chi connectivity index (χ3n) is 4.94. The highest BCUT2D eigenvalue weighted by molar-refractivity contribution is 8.01. The van der Waals surface area contributed by atoms with Gasteiger partial charge in [-0.15, -0.1) is 10.2 Å². The quantitative estimate of drug-likeness (QED) is 0.830. The topological polar surface area (TPSA) is 58.1 Å². The first kappa shape index (κ1) is 18.7. The zero-order valence-corrected chi connectivity index (χ0v) is 15.8. The maximum Gasteiger partial charge on any atom is 0.445 e. The van der Waals surface area contributed by atoms with E-state index in [1.165, 1.54) is 0 Å². The first-order valence-corrected chi connectivity index (χ1v) is 10.2. The average Bonchev–Trinajstić information content (AvgIpc) is 3.12. The summed E-state index contributed by atoms with van der Waals surface area (Å²) in [6.45, 7) is 3.14. The third kappa shape index (κ3) is 4.27. The van der Waals surface area contributed by atoms with Crippen molar-refractivity contribution in [2.45, 2.75) is 34.3 Å². The minimum atomic E-state index is -4.48. The lowest BCUT2D eigenvalue weighted by molar-refractivity contribution is -0.138. The molecule has 5 nitrogen and oxygen atoms in total. The molecule has 1 aromatic heterocycles. The highest BCUT2D eigenvalue weighted by Gasteiger charge is 2.36. The van der Waals surface area contributed by atoms with Gasteiger partial charge in [0.25, 0.3) is 5.91 Å². The molecule has 3 saturated heterocycles. The number of aromatic nitrogens is 2. The van der Waals surface area contributed by atoms with E-state index in [-0.39, 0.29) is 16.3 Å². The second kappa shape index (κ2) is 7.40. The van der Waals surface area contributed by atoms with Crippen molar-refractivity contribution in [2.24, 2.45) is 5.92 Å². The average molecular weight is 414 g/mol. The van der Waals surface area contributed by atoms with Gasteiger partial charge in [0, 0.05) is 23.0 Å². The summed E-state index contributed by atoms with van der Waals surface area (Å²) >= 11 is 1.60. The van der Waals surface area contributed by atoms with Gasteiger partial charge in [0.15, 0.2) is 4.34 Å². The van der Waals surface area contributed by atoms with Crippen LogP contribution < -0.4 is 5.32 Å². The van der Waals surface area contributed by atoms with Crippen molar-refractivity contribution >= 4 is 29.0 Å². The van der Waals surface area contributed by atoms with Gasteiger partial charge in [0.05, 0.1) is 0 Å². The van der Waals surface area contributed by atoms with Crippen LogP contribution in [-0.4, -0.2) is 46.7 Å². The molecule has 0 saturated carbocycles. The van der Waals surface area contributed by atoms with Crippen molar-refractivity contribution in [2.75, 3.05) is 19.6 Å². The van der Waals surface area contributed by atoms with Gasteiger partial charge in [0.1, 0.15) is 0 Å². The van der Waals surface area contributed by atoms with E-state index in [4.69, 9.17) is 0 Å². The van der Waals surface area contributed by atoms with E-state index in [1.54, 1.807) is 24.3 Å². The molecule has 4 heterocycles. The number of amides is 1. The van der Waals surface area contributed by atoms with E-state index in [2.05, 4.69) is 20.4 Å². The van der Waals surface area contributed by atoms with E-state index in [1.807, 2.05) is 0 Å². The van der Waals surface area contributed by atoms with Crippen LogP contribution in [0.5, 0.6) is 0 Å². The molecule has 1 atom stereocenters.